The second-order valence-electron chi connectivity index (χ2n) is 5.71. The van der Waals surface area contributed by atoms with Crippen molar-refractivity contribution < 1.29 is 9.47 Å². The fourth-order valence-electron chi connectivity index (χ4n) is 3.25. The molecule has 1 aromatic heterocycles. The van der Waals surface area contributed by atoms with E-state index in [0.29, 0.717) is 12.8 Å². The molecule has 4 nitrogen and oxygen atoms in total. The van der Waals surface area contributed by atoms with Crippen LogP contribution in [0.1, 0.15) is 23.6 Å². The van der Waals surface area contributed by atoms with Crippen LogP contribution in [-0.2, 0) is 0 Å². The van der Waals surface area contributed by atoms with Gasteiger partial charge in [-0.05, 0) is 53.1 Å². The summed E-state index contributed by atoms with van der Waals surface area (Å²) in [4.78, 5) is 2.57. The summed E-state index contributed by atoms with van der Waals surface area (Å²) in [7, 11) is 0. The van der Waals surface area contributed by atoms with Crippen molar-refractivity contribution in [1.82, 2.24) is 10.2 Å². The van der Waals surface area contributed by atoms with Crippen LogP contribution in [0.2, 0.25) is 0 Å². The highest BCUT2D eigenvalue weighted by atomic mass is 32.1. The van der Waals surface area contributed by atoms with Crippen molar-refractivity contribution in [3.63, 3.8) is 0 Å². The lowest BCUT2D eigenvalue weighted by Gasteiger charge is -2.30. The first-order valence-electron chi connectivity index (χ1n) is 7.78. The van der Waals surface area contributed by atoms with E-state index < -0.39 is 0 Å². The van der Waals surface area contributed by atoms with Crippen LogP contribution in [0.15, 0.2) is 35.0 Å². The fraction of sp³-hybridized carbons (Fsp3) is 0.412. The lowest BCUT2D eigenvalue weighted by atomic mass is 9.98. The Morgan fingerprint density at radius 2 is 2.00 bits per heavy atom. The predicted octanol–water partition coefficient (Wildman–Crippen LogP) is 2.86. The standard InChI is InChI=1S/C17H20N2O2S/c1-5-18-6-8-19(7-1)17(14-4-9-22-11-14)13-2-3-15-16(10-13)21-12-20-15/h2-4,9-11,17-18H,1,5-8,12H2. The zero-order valence-electron chi connectivity index (χ0n) is 12.5. The van der Waals surface area contributed by atoms with Crippen LogP contribution in [0.5, 0.6) is 11.5 Å². The van der Waals surface area contributed by atoms with E-state index in [1.54, 1.807) is 11.3 Å². The number of nitrogens with zero attached hydrogens (tertiary/aromatic N) is 1. The second-order valence-corrected chi connectivity index (χ2v) is 6.49. The molecule has 4 rings (SSSR count). The summed E-state index contributed by atoms with van der Waals surface area (Å²) in [6.07, 6.45) is 1.19. The highest BCUT2D eigenvalue weighted by Gasteiger charge is 2.25. The van der Waals surface area contributed by atoms with Gasteiger partial charge in [-0.2, -0.15) is 11.3 Å². The third-order valence-corrected chi connectivity index (χ3v) is 5.01. The van der Waals surface area contributed by atoms with Gasteiger partial charge in [0.1, 0.15) is 0 Å². The molecule has 0 radical (unpaired) electrons. The normalized spacial score (nSPS) is 19.8. The Bertz CT molecular complexity index is 622. The molecule has 3 heterocycles. The first kappa shape index (κ1) is 14.1. The van der Waals surface area contributed by atoms with Gasteiger partial charge in [-0.25, -0.2) is 0 Å². The maximum atomic E-state index is 5.57. The molecule has 0 bridgehead atoms. The number of ether oxygens (including phenoxy) is 2. The molecule has 1 atom stereocenters. The molecule has 0 saturated carbocycles. The molecule has 0 spiro atoms. The van der Waals surface area contributed by atoms with Crippen molar-refractivity contribution >= 4 is 11.3 Å². The molecular formula is C17H20N2O2S. The zero-order valence-corrected chi connectivity index (χ0v) is 13.3. The van der Waals surface area contributed by atoms with Gasteiger partial charge in [-0.1, -0.05) is 6.07 Å². The Hall–Kier alpha value is -1.56. The molecule has 0 aliphatic carbocycles. The van der Waals surface area contributed by atoms with Crippen molar-refractivity contribution in [1.29, 1.82) is 0 Å². The van der Waals surface area contributed by atoms with Crippen LogP contribution in [0.3, 0.4) is 0 Å². The van der Waals surface area contributed by atoms with Crippen molar-refractivity contribution in [2.75, 3.05) is 33.0 Å². The van der Waals surface area contributed by atoms with E-state index in [0.717, 1.165) is 37.7 Å². The van der Waals surface area contributed by atoms with Gasteiger partial charge in [-0.15, -0.1) is 0 Å². The number of hydrogen-bond acceptors (Lipinski definition) is 5. The van der Waals surface area contributed by atoms with Crippen LogP contribution in [0.25, 0.3) is 0 Å². The molecule has 5 heteroatoms. The SMILES string of the molecule is c1cc(C(c2ccc3c(c2)OCO3)N2CCCNCC2)cs1. The van der Waals surface area contributed by atoms with Gasteiger partial charge < -0.3 is 14.8 Å². The first-order chi connectivity index (χ1) is 10.9. The Kier molecular flexibility index (Phi) is 4.01. The lowest BCUT2D eigenvalue weighted by Crippen LogP contribution is -2.32. The largest absolute Gasteiger partial charge is 0.454 e. The van der Waals surface area contributed by atoms with Gasteiger partial charge in [0.05, 0.1) is 6.04 Å². The molecule has 1 unspecified atom stereocenters. The van der Waals surface area contributed by atoms with E-state index in [-0.39, 0.29) is 0 Å². The van der Waals surface area contributed by atoms with E-state index in [9.17, 15) is 0 Å². The van der Waals surface area contributed by atoms with E-state index >= 15 is 0 Å². The predicted molar refractivity (Wildman–Crippen MR) is 87.8 cm³/mol. The molecular weight excluding hydrogens is 296 g/mol. The van der Waals surface area contributed by atoms with E-state index in [2.05, 4.69) is 39.2 Å². The molecule has 1 fully saturated rings. The highest BCUT2D eigenvalue weighted by molar-refractivity contribution is 7.08. The molecule has 1 saturated heterocycles. The first-order valence-corrected chi connectivity index (χ1v) is 8.72. The van der Waals surface area contributed by atoms with Crippen molar-refractivity contribution in [3.8, 4) is 11.5 Å². The summed E-state index contributed by atoms with van der Waals surface area (Å²) in [5.74, 6) is 1.72. The topological polar surface area (TPSA) is 33.7 Å². The molecule has 1 N–H and O–H groups in total. The highest BCUT2D eigenvalue weighted by Crippen LogP contribution is 2.38. The van der Waals surface area contributed by atoms with Gasteiger partial charge in [0, 0.05) is 19.6 Å². The summed E-state index contributed by atoms with van der Waals surface area (Å²) < 4.78 is 11.0. The van der Waals surface area contributed by atoms with Gasteiger partial charge in [0.15, 0.2) is 11.5 Å². The molecule has 0 amide bonds. The second kappa shape index (κ2) is 6.28. The van der Waals surface area contributed by atoms with Gasteiger partial charge in [0.25, 0.3) is 0 Å². The van der Waals surface area contributed by atoms with Crippen molar-refractivity contribution in [3.05, 3.63) is 46.2 Å². The summed E-state index contributed by atoms with van der Waals surface area (Å²) in [6.45, 7) is 4.66. The minimum atomic E-state index is 0.292. The third kappa shape index (κ3) is 2.72. The van der Waals surface area contributed by atoms with Crippen LogP contribution in [0, 0.1) is 0 Å². The van der Waals surface area contributed by atoms with E-state index in [1.807, 2.05) is 6.07 Å². The van der Waals surface area contributed by atoms with E-state index in [4.69, 9.17) is 9.47 Å². The van der Waals surface area contributed by atoms with E-state index in [1.165, 1.54) is 17.5 Å². The Morgan fingerprint density at radius 1 is 1.05 bits per heavy atom. The molecule has 22 heavy (non-hydrogen) atoms. The number of fused-ring (bicyclic) bond motifs is 1. The minimum Gasteiger partial charge on any atom is -0.454 e. The number of nitrogens with one attached hydrogen (secondary N) is 1. The molecule has 2 aliphatic heterocycles. The van der Waals surface area contributed by atoms with Crippen molar-refractivity contribution in [2.45, 2.75) is 12.5 Å². The summed E-state index contributed by atoms with van der Waals surface area (Å²) in [5, 5.41) is 7.90. The van der Waals surface area contributed by atoms with Crippen LogP contribution < -0.4 is 14.8 Å². The maximum absolute atomic E-state index is 5.57. The number of hydrogen-bond donors (Lipinski definition) is 1. The lowest BCUT2D eigenvalue weighted by molar-refractivity contribution is 0.174. The number of rotatable bonds is 3. The van der Waals surface area contributed by atoms with Gasteiger partial charge >= 0.3 is 0 Å². The average molecular weight is 316 g/mol. The van der Waals surface area contributed by atoms with Crippen LogP contribution in [-0.4, -0.2) is 37.9 Å². The third-order valence-electron chi connectivity index (χ3n) is 4.31. The van der Waals surface area contributed by atoms with Gasteiger partial charge in [0.2, 0.25) is 6.79 Å². The Morgan fingerprint density at radius 3 is 2.91 bits per heavy atom. The Balaban J connectivity index is 1.70. The quantitative estimate of drug-likeness (QED) is 0.944. The molecule has 2 aromatic rings. The van der Waals surface area contributed by atoms with Gasteiger partial charge in [-0.3, -0.25) is 4.90 Å². The molecule has 116 valence electrons. The van der Waals surface area contributed by atoms with Crippen LogP contribution in [0.4, 0.5) is 0 Å². The average Bonchev–Trinajstić information content (AvgIpc) is 3.15. The molecule has 1 aromatic carbocycles. The zero-order chi connectivity index (χ0) is 14.8. The number of thiophene rings is 1. The summed E-state index contributed by atoms with van der Waals surface area (Å²) >= 11 is 1.76. The maximum Gasteiger partial charge on any atom is 0.231 e. The van der Waals surface area contributed by atoms with Crippen LogP contribution >= 0.6 is 11.3 Å². The monoisotopic (exact) mass is 316 g/mol. The Labute approximate surface area is 134 Å². The summed E-state index contributed by atoms with van der Waals surface area (Å²) in [5.41, 5.74) is 2.65. The summed E-state index contributed by atoms with van der Waals surface area (Å²) in [6, 6.07) is 8.88. The smallest absolute Gasteiger partial charge is 0.231 e. The number of benzene rings is 1. The fourth-order valence-corrected chi connectivity index (χ4v) is 3.93. The van der Waals surface area contributed by atoms with Crippen molar-refractivity contribution in [2.24, 2.45) is 0 Å². The minimum absolute atomic E-state index is 0.292. The molecule has 2 aliphatic rings.